The number of rotatable bonds is 3. The summed E-state index contributed by atoms with van der Waals surface area (Å²) in [6.07, 6.45) is 0. The van der Waals surface area contributed by atoms with Crippen LogP contribution in [0, 0.1) is 5.82 Å². The molecule has 1 aromatic heterocycles. The predicted molar refractivity (Wildman–Crippen MR) is 85.4 cm³/mol. The normalized spacial score (nSPS) is 11.1. The maximum atomic E-state index is 13.5. The number of benzene rings is 2. The molecule has 0 aliphatic rings. The number of nitrogens with one attached hydrogen (secondary N) is 1. The lowest BCUT2D eigenvalue weighted by Crippen LogP contribution is -2.12. The molecule has 0 amide bonds. The van der Waals surface area contributed by atoms with E-state index in [2.05, 4.69) is 15.3 Å². The minimum Gasteiger partial charge on any atom is -0.507 e. The van der Waals surface area contributed by atoms with Crippen LogP contribution in [0.25, 0.3) is 22.3 Å². The molecular formula is C17H16FN3O. The van der Waals surface area contributed by atoms with Gasteiger partial charge in [-0.2, -0.15) is 0 Å². The summed E-state index contributed by atoms with van der Waals surface area (Å²) in [5, 5.41) is 13.8. The van der Waals surface area contributed by atoms with Gasteiger partial charge in [-0.15, -0.1) is 0 Å². The first kappa shape index (κ1) is 14.3. The van der Waals surface area contributed by atoms with Crippen molar-refractivity contribution in [2.45, 2.75) is 19.9 Å². The van der Waals surface area contributed by atoms with Gasteiger partial charge in [0.1, 0.15) is 17.4 Å². The van der Waals surface area contributed by atoms with Gasteiger partial charge in [0.2, 0.25) is 0 Å². The Labute approximate surface area is 127 Å². The molecule has 0 atom stereocenters. The molecule has 5 heteroatoms. The summed E-state index contributed by atoms with van der Waals surface area (Å²) in [6, 6.07) is 11.4. The van der Waals surface area contributed by atoms with Gasteiger partial charge in [0.15, 0.2) is 5.82 Å². The second kappa shape index (κ2) is 5.60. The molecule has 3 aromatic rings. The Hall–Kier alpha value is -2.69. The van der Waals surface area contributed by atoms with Crippen LogP contribution in [0.1, 0.15) is 13.8 Å². The van der Waals surface area contributed by atoms with Crippen molar-refractivity contribution in [1.29, 1.82) is 0 Å². The fraction of sp³-hybridized carbons (Fsp3) is 0.176. The van der Waals surface area contributed by atoms with Crippen molar-refractivity contribution in [1.82, 2.24) is 9.97 Å². The van der Waals surface area contributed by atoms with Crippen molar-refractivity contribution in [2.24, 2.45) is 0 Å². The maximum absolute atomic E-state index is 13.5. The number of aromatic nitrogens is 2. The molecule has 0 aliphatic carbocycles. The summed E-state index contributed by atoms with van der Waals surface area (Å²) in [7, 11) is 0. The number of phenols is 1. The minimum atomic E-state index is -0.335. The van der Waals surface area contributed by atoms with Crippen molar-refractivity contribution >= 4 is 16.7 Å². The average molecular weight is 297 g/mol. The Morgan fingerprint density at radius 3 is 2.59 bits per heavy atom. The molecule has 0 saturated heterocycles. The molecule has 4 nitrogen and oxygen atoms in total. The van der Waals surface area contributed by atoms with Gasteiger partial charge in [0.05, 0.1) is 11.1 Å². The van der Waals surface area contributed by atoms with Crippen LogP contribution in [0.5, 0.6) is 5.75 Å². The molecule has 0 unspecified atom stereocenters. The summed E-state index contributed by atoms with van der Waals surface area (Å²) in [4.78, 5) is 8.90. The van der Waals surface area contributed by atoms with Crippen LogP contribution < -0.4 is 5.32 Å². The van der Waals surface area contributed by atoms with Crippen LogP contribution in [0.15, 0.2) is 42.5 Å². The number of hydrogen-bond acceptors (Lipinski definition) is 4. The van der Waals surface area contributed by atoms with E-state index in [1.807, 2.05) is 19.9 Å². The number of hydrogen-bond donors (Lipinski definition) is 2. The number of anilines is 1. The van der Waals surface area contributed by atoms with E-state index < -0.39 is 0 Å². The van der Waals surface area contributed by atoms with Gasteiger partial charge in [-0.3, -0.25) is 0 Å². The van der Waals surface area contributed by atoms with Gasteiger partial charge in [-0.05, 0) is 44.2 Å². The van der Waals surface area contributed by atoms with Crippen molar-refractivity contribution in [3.8, 4) is 17.1 Å². The van der Waals surface area contributed by atoms with Crippen LogP contribution >= 0.6 is 0 Å². The van der Waals surface area contributed by atoms with Crippen LogP contribution in [0.4, 0.5) is 10.2 Å². The van der Waals surface area contributed by atoms with Gasteiger partial charge in [-0.1, -0.05) is 12.1 Å². The van der Waals surface area contributed by atoms with E-state index in [1.54, 1.807) is 24.3 Å². The average Bonchev–Trinajstić information content (AvgIpc) is 2.47. The third-order valence-corrected chi connectivity index (χ3v) is 3.23. The minimum absolute atomic E-state index is 0.111. The highest BCUT2D eigenvalue weighted by molar-refractivity contribution is 5.91. The quantitative estimate of drug-likeness (QED) is 0.768. The summed E-state index contributed by atoms with van der Waals surface area (Å²) < 4.78 is 13.5. The number of fused-ring (bicyclic) bond motifs is 1. The van der Waals surface area contributed by atoms with E-state index in [0.29, 0.717) is 28.1 Å². The molecule has 22 heavy (non-hydrogen) atoms. The van der Waals surface area contributed by atoms with Gasteiger partial charge in [0, 0.05) is 11.4 Å². The van der Waals surface area contributed by atoms with Gasteiger partial charge in [0.25, 0.3) is 0 Å². The number of aromatic hydroxyl groups is 1. The Balaban J connectivity index is 2.25. The maximum Gasteiger partial charge on any atom is 0.165 e. The smallest absolute Gasteiger partial charge is 0.165 e. The molecule has 0 fully saturated rings. The van der Waals surface area contributed by atoms with Crippen molar-refractivity contribution in [2.75, 3.05) is 5.32 Å². The van der Waals surface area contributed by atoms with Crippen molar-refractivity contribution < 1.29 is 9.50 Å². The van der Waals surface area contributed by atoms with Crippen molar-refractivity contribution in [3.63, 3.8) is 0 Å². The van der Waals surface area contributed by atoms with E-state index in [0.717, 1.165) is 0 Å². The van der Waals surface area contributed by atoms with Gasteiger partial charge in [-0.25, -0.2) is 14.4 Å². The zero-order valence-electron chi connectivity index (χ0n) is 12.3. The second-order valence-electron chi connectivity index (χ2n) is 5.37. The fourth-order valence-corrected chi connectivity index (χ4v) is 2.27. The largest absolute Gasteiger partial charge is 0.507 e. The molecule has 0 radical (unpaired) electrons. The highest BCUT2D eigenvalue weighted by atomic mass is 19.1. The van der Waals surface area contributed by atoms with E-state index in [9.17, 15) is 9.50 Å². The Bertz CT molecular complexity index is 833. The van der Waals surface area contributed by atoms with Crippen molar-refractivity contribution in [3.05, 3.63) is 48.3 Å². The highest BCUT2D eigenvalue weighted by Crippen LogP contribution is 2.30. The molecular weight excluding hydrogens is 281 g/mol. The Morgan fingerprint density at radius 2 is 1.86 bits per heavy atom. The SMILES string of the molecule is CC(C)Nc1nc(-c2ccccc2O)nc2ccc(F)cc12. The summed E-state index contributed by atoms with van der Waals surface area (Å²) in [5.41, 5.74) is 1.17. The third kappa shape index (κ3) is 2.70. The van der Waals surface area contributed by atoms with E-state index in [1.165, 1.54) is 12.1 Å². The predicted octanol–water partition coefficient (Wildman–Crippen LogP) is 3.96. The van der Waals surface area contributed by atoms with Crippen LogP contribution in [-0.4, -0.2) is 21.1 Å². The lowest BCUT2D eigenvalue weighted by Gasteiger charge is -2.13. The molecule has 0 saturated carbocycles. The summed E-state index contributed by atoms with van der Waals surface area (Å²) >= 11 is 0. The monoisotopic (exact) mass is 297 g/mol. The van der Waals surface area contributed by atoms with E-state index in [4.69, 9.17) is 0 Å². The first-order valence-electron chi connectivity index (χ1n) is 7.07. The lowest BCUT2D eigenvalue weighted by atomic mass is 10.1. The zero-order chi connectivity index (χ0) is 15.7. The first-order chi connectivity index (χ1) is 10.5. The number of phenolic OH excluding ortho intramolecular Hbond substituents is 1. The van der Waals surface area contributed by atoms with Gasteiger partial charge < -0.3 is 10.4 Å². The third-order valence-electron chi connectivity index (χ3n) is 3.23. The molecule has 2 N–H and O–H groups in total. The lowest BCUT2D eigenvalue weighted by molar-refractivity contribution is 0.477. The summed E-state index contributed by atoms with van der Waals surface area (Å²) in [5.74, 6) is 0.732. The molecule has 0 bridgehead atoms. The Morgan fingerprint density at radius 1 is 1.09 bits per heavy atom. The van der Waals surface area contributed by atoms with Crippen LogP contribution in [-0.2, 0) is 0 Å². The molecule has 0 aliphatic heterocycles. The number of nitrogens with zero attached hydrogens (tertiary/aromatic N) is 2. The topological polar surface area (TPSA) is 58.0 Å². The number of halogens is 1. The summed E-state index contributed by atoms with van der Waals surface area (Å²) in [6.45, 7) is 3.96. The second-order valence-corrected chi connectivity index (χ2v) is 5.37. The highest BCUT2D eigenvalue weighted by Gasteiger charge is 2.13. The van der Waals surface area contributed by atoms with Crippen LogP contribution in [0.3, 0.4) is 0 Å². The molecule has 112 valence electrons. The standard InChI is InChI=1S/C17H16FN3O/c1-10(2)19-17-13-9-11(18)7-8-14(13)20-16(21-17)12-5-3-4-6-15(12)22/h3-10,22H,1-2H3,(H,19,20,21). The first-order valence-corrected chi connectivity index (χ1v) is 7.07. The van der Waals surface area contributed by atoms with Crippen LogP contribution in [0.2, 0.25) is 0 Å². The van der Waals surface area contributed by atoms with Gasteiger partial charge >= 0.3 is 0 Å². The zero-order valence-corrected chi connectivity index (χ0v) is 12.3. The Kier molecular flexibility index (Phi) is 3.63. The molecule has 2 aromatic carbocycles. The van der Waals surface area contributed by atoms with E-state index in [-0.39, 0.29) is 17.6 Å². The molecule has 1 heterocycles. The fourth-order valence-electron chi connectivity index (χ4n) is 2.27. The molecule has 0 spiro atoms. The molecule has 3 rings (SSSR count). The van der Waals surface area contributed by atoms with E-state index >= 15 is 0 Å². The number of para-hydroxylation sites is 1.